The minimum absolute atomic E-state index is 0.113. The van der Waals surface area contributed by atoms with Crippen molar-refractivity contribution in [1.82, 2.24) is 9.38 Å². The van der Waals surface area contributed by atoms with Gasteiger partial charge in [-0.1, -0.05) is 15.9 Å². The zero-order valence-corrected chi connectivity index (χ0v) is 9.99. The van der Waals surface area contributed by atoms with E-state index in [-0.39, 0.29) is 12.3 Å². The van der Waals surface area contributed by atoms with Crippen molar-refractivity contribution < 1.29 is 13.9 Å². The molecule has 0 unspecified atom stereocenters. The molecule has 0 N–H and O–H groups in total. The molecule has 2 aromatic heterocycles. The van der Waals surface area contributed by atoms with Gasteiger partial charge in [-0.2, -0.15) is 4.39 Å². The lowest BCUT2D eigenvalue weighted by atomic mass is 10.3. The Labute approximate surface area is 99.2 Å². The van der Waals surface area contributed by atoms with E-state index in [1.165, 1.54) is 16.8 Å². The normalized spacial score (nSPS) is 10.7. The highest BCUT2D eigenvalue weighted by molar-refractivity contribution is 9.10. The first-order valence-electron chi connectivity index (χ1n) is 4.62. The van der Waals surface area contributed by atoms with Gasteiger partial charge in [-0.25, -0.2) is 9.78 Å². The zero-order chi connectivity index (χ0) is 11.7. The number of carbonyl (C=O) groups excluding carboxylic acids is 1. The molecule has 4 nitrogen and oxygen atoms in total. The topological polar surface area (TPSA) is 43.6 Å². The first-order valence-corrected chi connectivity index (χ1v) is 5.42. The van der Waals surface area contributed by atoms with Crippen LogP contribution in [0.5, 0.6) is 0 Å². The summed E-state index contributed by atoms with van der Waals surface area (Å²) in [6.45, 7) is 1.96. The summed E-state index contributed by atoms with van der Waals surface area (Å²) in [7, 11) is 0. The molecule has 0 atom stereocenters. The first-order chi connectivity index (χ1) is 7.63. The van der Waals surface area contributed by atoms with Crippen LogP contribution in [0.1, 0.15) is 17.4 Å². The van der Waals surface area contributed by atoms with Gasteiger partial charge in [-0.15, -0.1) is 0 Å². The van der Waals surface area contributed by atoms with Crippen molar-refractivity contribution in [2.24, 2.45) is 0 Å². The van der Waals surface area contributed by atoms with Crippen LogP contribution in [0.15, 0.2) is 22.9 Å². The number of hydrogen-bond donors (Lipinski definition) is 0. The van der Waals surface area contributed by atoms with Crippen molar-refractivity contribution in [3.05, 3.63) is 34.6 Å². The third-order valence-electron chi connectivity index (χ3n) is 2.03. The van der Waals surface area contributed by atoms with Gasteiger partial charge in [0.2, 0.25) is 5.95 Å². The standard InChI is InChI=1S/C10H8BrFN2O2/c1-2-16-10(15)9-7-3-6(11)4-8(12)14(7)5-13-9/h3-5H,2H2,1H3. The van der Waals surface area contributed by atoms with E-state index in [1.54, 1.807) is 13.0 Å². The lowest BCUT2D eigenvalue weighted by molar-refractivity contribution is 0.0522. The van der Waals surface area contributed by atoms with E-state index in [2.05, 4.69) is 20.9 Å². The number of fused-ring (bicyclic) bond motifs is 1. The lowest BCUT2D eigenvalue weighted by Gasteiger charge is -2.00. The number of halogens is 2. The summed E-state index contributed by atoms with van der Waals surface area (Å²) in [5.74, 6) is -1.05. The molecule has 0 aromatic carbocycles. The molecular formula is C10H8BrFN2O2. The molecule has 2 rings (SSSR count). The number of nitrogens with zero attached hydrogens (tertiary/aromatic N) is 2. The number of carbonyl (C=O) groups is 1. The molecule has 0 saturated carbocycles. The van der Waals surface area contributed by atoms with Crippen LogP contribution in [0.25, 0.3) is 5.52 Å². The van der Waals surface area contributed by atoms with Gasteiger partial charge in [0.25, 0.3) is 0 Å². The van der Waals surface area contributed by atoms with Crippen LogP contribution in [0.4, 0.5) is 4.39 Å². The number of aromatic nitrogens is 2. The molecule has 2 heterocycles. The highest BCUT2D eigenvalue weighted by Gasteiger charge is 2.16. The van der Waals surface area contributed by atoms with E-state index in [4.69, 9.17) is 4.74 Å². The predicted octanol–water partition coefficient (Wildman–Crippen LogP) is 2.41. The van der Waals surface area contributed by atoms with Gasteiger partial charge < -0.3 is 4.74 Å². The Balaban J connectivity index is 2.60. The maximum atomic E-state index is 13.5. The summed E-state index contributed by atoms with van der Waals surface area (Å²) in [5.41, 5.74) is 0.493. The van der Waals surface area contributed by atoms with E-state index in [1.807, 2.05) is 0 Å². The van der Waals surface area contributed by atoms with Crippen LogP contribution in [0, 0.1) is 5.95 Å². The van der Waals surface area contributed by atoms with Crippen LogP contribution in [-0.2, 0) is 4.74 Å². The fraction of sp³-hybridized carbons (Fsp3) is 0.200. The molecule has 0 aliphatic heterocycles. The van der Waals surface area contributed by atoms with E-state index < -0.39 is 11.9 Å². The summed E-state index contributed by atoms with van der Waals surface area (Å²) in [6, 6.07) is 2.91. The second-order valence-electron chi connectivity index (χ2n) is 3.07. The van der Waals surface area contributed by atoms with E-state index in [0.29, 0.717) is 9.99 Å². The average Bonchev–Trinajstić information content (AvgIpc) is 2.61. The third kappa shape index (κ3) is 1.80. The summed E-state index contributed by atoms with van der Waals surface area (Å²) >= 11 is 3.16. The summed E-state index contributed by atoms with van der Waals surface area (Å²) in [6.07, 6.45) is 1.25. The SMILES string of the molecule is CCOC(=O)c1ncn2c(F)cc(Br)cc12. The average molecular weight is 287 g/mol. The fourth-order valence-corrected chi connectivity index (χ4v) is 1.78. The Morgan fingerprint density at radius 3 is 3.06 bits per heavy atom. The van der Waals surface area contributed by atoms with Crippen LogP contribution in [0.3, 0.4) is 0 Å². The van der Waals surface area contributed by atoms with E-state index >= 15 is 0 Å². The van der Waals surface area contributed by atoms with Crippen LogP contribution < -0.4 is 0 Å². The Morgan fingerprint density at radius 1 is 1.62 bits per heavy atom. The number of ether oxygens (including phenoxy) is 1. The summed E-state index contributed by atoms with van der Waals surface area (Å²) in [5, 5.41) is 0. The maximum absolute atomic E-state index is 13.5. The second-order valence-corrected chi connectivity index (χ2v) is 3.98. The molecule has 0 fully saturated rings. The number of imidazole rings is 1. The largest absolute Gasteiger partial charge is 0.461 e. The van der Waals surface area contributed by atoms with Gasteiger partial charge in [0.1, 0.15) is 6.33 Å². The van der Waals surface area contributed by atoms with Crippen molar-refractivity contribution in [3.63, 3.8) is 0 Å². The van der Waals surface area contributed by atoms with Crippen molar-refractivity contribution in [1.29, 1.82) is 0 Å². The Hall–Kier alpha value is -1.43. The molecule has 0 aliphatic carbocycles. The van der Waals surface area contributed by atoms with Gasteiger partial charge in [0, 0.05) is 10.5 Å². The van der Waals surface area contributed by atoms with Crippen LogP contribution >= 0.6 is 15.9 Å². The highest BCUT2D eigenvalue weighted by Crippen LogP contribution is 2.19. The van der Waals surface area contributed by atoms with Crippen molar-refractivity contribution in [3.8, 4) is 0 Å². The van der Waals surface area contributed by atoms with Gasteiger partial charge in [0.15, 0.2) is 5.69 Å². The van der Waals surface area contributed by atoms with Crippen molar-refractivity contribution in [2.75, 3.05) is 6.61 Å². The van der Waals surface area contributed by atoms with Crippen molar-refractivity contribution in [2.45, 2.75) is 6.92 Å². The number of pyridine rings is 1. The molecule has 2 aromatic rings. The molecule has 0 amide bonds. The van der Waals surface area contributed by atoms with E-state index in [9.17, 15) is 9.18 Å². The molecular weight excluding hydrogens is 279 g/mol. The molecule has 0 saturated heterocycles. The van der Waals surface area contributed by atoms with Crippen LogP contribution in [-0.4, -0.2) is 22.0 Å². The smallest absolute Gasteiger partial charge is 0.359 e. The maximum Gasteiger partial charge on any atom is 0.359 e. The highest BCUT2D eigenvalue weighted by atomic mass is 79.9. The Kier molecular flexibility index (Phi) is 2.91. The number of hydrogen-bond acceptors (Lipinski definition) is 3. The minimum atomic E-state index is -0.553. The van der Waals surface area contributed by atoms with Crippen LogP contribution in [0.2, 0.25) is 0 Å². The van der Waals surface area contributed by atoms with Gasteiger partial charge in [0.05, 0.1) is 12.1 Å². The summed E-state index contributed by atoms with van der Waals surface area (Å²) in [4.78, 5) is 15.3. The van der Waals surface area contributed by atoms with Crippen molar-refractivity contribution >= 4 is 27.4 Å². The molecule has 16 heavy (non-hydrogen) atoms. The molecule has 84 valence electrons. The molecule has 0 bridgehead atoms. The molecule has 0 spiro atoms. The lowest BCUT2D eigenvalue weighted by Crippen LogP contribution is -2.05. The van der Waals surface area contributed by atoms with E-state index in [0.717, 1.165) is 0 Å². The monoisotopic (exact) mass is 286 g/mol. The molecule has 6 heteroatoms. The number of esters is 1. The Morgan fingerprint density at radius 2 is 2.38 bits per heavy atom. The van der Waals surface area contributed by atoms with Gasteiger partial charge in [-0.3, -0.25) is 4.40 Å². The fourth-order valence-electron chi connectivity index (χ4n) is 1.38. The quantitative estimate of drug-likeness (QED) is 0.629. The predicted molar refractivity (Wildman–Crippen MR) is 58.8 cm³/mol. The minimum Gasteiger partial charge on any atom is -0.461 e. The zero-order valence-electron chi connectivity index (χ0n) is 8.41. The van der Waals surface area contributed by atoms with Gasteiger partial charge >= 0.3 is 5.97 Å². The summed E-state index contributed by atoms with van der Waals surface area (Å²) < 4.78 is 20.0. The van der Waals surface area contributed by atoms with Gasteiger partial charge in [-0.05, 0) is 13.0 Å². The number of rotatable bonds is 2. The molecule has 0 aliphatic rings. The third-order valence-corrected chi connectivity index (χ3v) is 2.49. The first kappa shape index (κ1) is 11.1. The Bertz CT molecular complexity index is 553. The second kappa shape index (κ2) is 4.21. The molecule has 0 radical (unpaired) electrons.